The smallest absolute Gasteiger partial charge is 0.128 e. The molecule has 0 saturated carbocycles. The Bertz CT molecular complexity index is 383. The molecular weight excluding hydrogens is 204 g/mol. The summed E-state index contributed by atoms with van der Waals surface area (Å²) in [7, 11) is 0. The van der Waals surface area contributed by atoms with Gasteiger partial charge in [-0.1, -0.05) is 12.1 Å². The fourth-order valence-electron chi connectivity index (χ4n) is 1.41. The quantitative estimate of drug-likeness (QED) is 0.782. The van der Waals surface area contributed by atoms with E-state index in [1.165, 1.54) is 4.88 Å². The summed E-state index contributed by atoms with van der Waals surface area (Å²) < 4.78 is 0. The first-order valence-corrected chi connectivity index (χ1v) is 5.75. The maximum absolute atomic E-state index is 4.32. The van der Waals surface area contributed by atoms with Crippen molar-refractivity contribution in [3.05, 3.63) is 53.7 Å². The highest BCUT2D eigenvalue weighted by atomic mass is 32.1. The molecule has 0 unspecified atom stereocenters. The monoisotopic (exact) mass is 217 g/mol. The average Bonchev–Trinajstić information content (AvgIpc) is 2.80. The predicted octanol–water partition coefficient (Wildman–Crippen LogP) is 2.98. The van der Waals surface area contributed by atoms with Gasteiger partial charge in [0.15, 0.2) is 0 Å². The number of rotatable bonds is 4. The van der Waals surface area contributed by atoms with Gasteiger partial charge in [-0.2, -0.15) is 0 Å². The number of hydrogen-bond donors (Lipinski definition) is 0. The van der Waals surface area contributed by atoms with Gasteiger partial charge in [0.25, 0.3) is 0 Å². The molecule has 0 spiro atoms. The second kappa shape index (κ2) is 4.94. The van der Waals surface area contributed by atoms with Gasteiger partial charge in [-0.3, -0.25) is 0 Å². The molecule has 0 saturated heterocycles. The molecular formula is C12H13N2S. The van der Waals surface area contributed by atoms with Crippen molar-refractivity contribution < 1.29 is 0 Å². The van der Waals surface area contributed by atoms with E-state index in [2.05, 4.69) is 34.3 Å². The van der Waals surface area contributed by atoms with E-state index in [0.29, 0.717) is 0 Å². The number of anilines is 1. The van der Waals surface area contributed by atoms with Crippen LogP contribution in [0.5, 0.6) is 0 Å². The summed E-state index contributed by atoms with van der Waals surface area (Å²) >= 11 is 1.76. The Balaban J connectivity index is 2.12. The van der Waals surface area contributed by atoms with Crippen molar-refractivity contribution in [3.8, 4) is 0 Å². The van der Waals surface area contributed by atoms with Crippen LogP contribution in [0.2, 0.25) is 0 Å². The van der Waals surface area contributed by atoms with Gasteiger partial charge in [0, 0.05) is 17.6 Å². The second-order valence-electron chi connectivity index (χ2n) is 3.19. The van der Waals surface area contributed by atoms with E-state index >= 15 is 0 Å². The molecule has 0 N–H and O–H groups in total. The minimum Gasteiger partial charge on any atom is -0.351 e. The Morgan fingerprint density at radius 1 is 1.27 bits per heavy atom. The summed E-state index contributed by atoms with van der Waals surface area (Å²) in [6.07, 6.45) is 1.81. The molecule has 0 aliphatic carbocycles. The molecule has 15 heavy (non-hydrogen) atoms. The van der Waals surface area contributed by atoms with Crippen LogP contribution in [0.15, 0.2) is 41.9 Å². The van der Waals surface area contributed by atoms with Gasteiger partial charge in [-0.25, -0.2) is 4.98 Å². The molecule has 0 aliphatic rings. The van der Waals surface area contributed by atoms with Crippen LogP contribution in [0.25, 0.3) is 0 Å². The second-order valence-corrected chi connectivity index (χ2v) is 4.22. The predicted molar refractivity (Wildman–Crippen MR) is 65.0 cm³/mol. The third kappa shape index (κ3) is 2.57. The van der Waals surface area contributed by atoms with Crippen LogP contribution in [0, 0.1) is 6.92 Å². The van der Waals surface area contributed by atoms with Gasteiger partial charge >= 0.3 is 0 Å². The number of nitrogens with zero attached hydrogens (tertiary/aromatic N) is 2. The first-order valence-electron chi connectivity index (χ1n) is 4.88. The van der Waals surface area contributed by atoms with Crippen LogP contribution in [-0.2, 0) is 6.54 Å². The summed E-state index contributed by atoms with van der Waals surface area (Å²) in [6, 6.07) is 10.1. The van der Waals surface area contributed by atoms with E-state index in [9.17, 15) is 0 Å². The minimum absolute atomic E-state index is 0.731. The highest BCUT2D eigenvalue weighted by Gasteiger charge is 2.05. The molecule has 2 heterocycles. The van der Waals surface area contributed by atoms with E-state index in [0.717, 1.165) is 18.9 Å². The molecule has 0 bridgehead atoms. The Kier molecular flexibility index (Phi) is 3.35. The third-order valence-corrected chi connectivity index (χ3v) is 3.03. The Labute approximate surface area is 94.2 Å². The maximum Gasteiger partial charge on any atom is 0.128 e. The van der Waals surface area contributed by atoms with Crippen molar-refractivity contribution >= 4 is 17.2 Å². The van der Waals surface area contributed by atoms with Gasteiger partial charge in [0.05, 0.1) is 6.54 Å². The lowest BCUT2D eigenvalue weighted by molar-refractivity contribution is 0.856. The molecule has 3 heteroatoms. The molecule has 2 aromatic heterocycles. The minimum atomic E-state index is 0.731. The van der Waals surface area contributed by atoms with Crippen molar-refractivity contribution in [2.24, 2.45) is 0 Å². The fourth-order valence-corrected chi connectivity index (χ4v) is 2.13. The summed E-state index contributed by atoms with van der Waals surface area (Å²) in [5.41, 5.74) is 0. The van der Waals surface area contributed by atoms with Gasteiger partial charge in [-0.05, 0) is 30.5 Å². The normalized spacial score (nSPS) is 10.2. The Morgan fingerprint density at radius 2 is 2.20 bits per heavy atom. The third-order valence-electron chi connectivity index (χ3n) is 2.17. The topological polar surface area (TPSA) is 16.1 Å². The van der Waals surface area contributed by atoms with Crippen LogP contribution in [0.1, 0.15) is 4.88 Å². The van der Waals surface area contributed by atoms with E-state index in [-0.39, 0.29) is 0 Å². The molecule has 0 aromatic carbocycles. The lowest BCUT2D eigenvalue weighted by atomic mass is 10.3. The molecule has 77 valence electrons. The zero-order chi connectivity index (χ0) is 10.5. The Hall–Kier alpha value is -1.35. The van der Waals surface area contributed by atoms with E-state index in [4.69, 9.17) is 0 Å². The molecule has 0 atom stereocenters. The van der Waals surface area contributed by atoms with Crippen molar-refractivity contribution in [1.29, 1.82) is 0 Å². The van der Waals surface area contributed by atoms with Crippen molar-refractivity contribution in [3.63, 3.8) is 0 Å². The van der Waals surface area contributed by atoms with Crippen LogP contribution < -0.4 is 4.90 Å². The number of aromatic nitrogens is 1. The van der Waals surface area contributed by atoms with Gasteiger partial charge < -0.3 is 4.90 Å². The Morgan fingerprint density at radius 3 is 2.80 bits per heavy atom. The summed E-state index contributed by atoms with van der Waals surface area (Å²) in [4.78, 5) is 7.82. The first-order chi connectivity index (χ1) is 7.40. The highest BCUT2D eigenvalue weighted by molar-refractivity contribution is 7.09. The fraction of sp³-hybridized carbons (Fsp3) is 0.167. The maximum atomic E-state index is 4.32. The van der Waals surface area contributed by atoms with Crippen LogP contribution in [0.3, 0.4) is 0 Å². The van der Waals surface area contributed by atoms with Crippen molar-refractivity contribution in [2.75, 3.05) is 11.4 Å². The van der Waals surface area contributed by atoms with Crippen molar-refractivity contribution in [1.82, 2.24) is 4.98 Å². The van der Waals surface area contributed by atoms with Crippen LogP contribution in [0.4, 0.5) is 5.82 Å². The zero-order valence-electron chi connectivity index (χ0n) is 8.47. The lowest BCUT2D eigenvalue weighted by Gasteiger charge is -2.20. The summed E-state index contributed by atoms with van der Waals surface area (Å²) in [5, 5.41) is 2.09. The summed E-state index contributed by atoms with van der Waals surface area (Å²) in [5.74, 6) is 0.987. The van der Waals surface area contributed by atoms with Crippen LogP contribution >= 0.6 is 11.3 Å². The average molecular weight is 217 g/mol. The highest BCUT2D eigenvalue weighted by Crippen LogP contribution is 2.16. The standard InChI is InChI=1S/C12H13N2S/c1-2-14(10-11-6-5-9-15-11)12-7-3-4-8-13-12/h3-9H,1-2,10H2. The van der Waals surface area contributed by atoms with Gasteiger partial charge in [0.2, 0.25) is 0 Å². The first kappa shape index (κ1) is 10.2. The summed E-state index contributed by atoms with van der Waals surface area (Å²) in [6.45, 7) is 5.55. The van der Waals surface area contributed by atoms with E-state index in [1.54, 1.807) is 11.3 Å². The SMILES string of the molecule is [CH2]CN(Cc1cccs1)c1ccccn1. The number of hydrogen-bond acceptors (Lipinski definition) is 3. The lowest BCUT2D eigenvalue weighted by Crippen LogP contribution is -2.22. The number of pyridine rings is 1. The molecule has 1 radical (unpaired) electrons. The molecule has 0 fully saturated rings. The molecule has 2 rings (SSSR count). The largest absolute Gasteiger partial charge is 0.351 e. The zero-order valence-corrected chi connectivity index (χ0v) is 9.28. The molecule has 0 aliphatic heterocycles. The van der Waals surface area contributed by atoms with E-state index < -0.39 is 0 Å². The molecule has 0 amide bonds. The van der Waals surface area contributed by atoms with Crippen LogP contribution in [-0.4, -0.2) is 11.5 Å². The van der Waals surface area contributed by atoms with Crippen molar-refractivity contribution in [2.45, 2.75) is 6.54 Å². The van der Waals surface area contributed by atoms with Gasteiger partial charge in [0.1, 0.15) is 5.82 Å². The number of thiophene rings is 1. The molecule has 2 aromatic rings. The van der Waals surface area contributed by atoms with Gasteiger partial charge in [-0.15, -0.1) is 11.3 Å². The molecule has 2 nitrogen and oxygen atoms in total. The van der Waals surface area contributed by atoms with E-state index in [1.807, 2.05) is 24.4 Å².